The van der Waals surface area contributed by atoms with Gasteiger partial charge in [0, 0.05) is 38.3 Å². The van der Waals surface area contributed by atoms with Gasteiger partial charge in [-0.1, -0.05) is 26.2 Å². The van der Waals surface area contributed by atoms with E-state index in [1.54, 1.807) is 0 Å². The average molecular weight is 227 g/mol. The first-order chi connectivity index (χ1) is 7.69. The molecule has 1 aliphatic heterocycles. The summed E-state index contributed by atoms with van der Waals surface area (Å²) in [5, 5.41) is 0. The topological polar surface area (TPSA) is 32.5 Å². The van der Waals surface area contributed by atoms with Crippen LogP contribution in [0.25, 0.3) is 0 Å². The van der Waals surface area contributed by atoms with Crippen LogP contribution in [0.1, 0.15) is 39.5 Å². The van der Waals surface area contributed by atoms with Gasteiger partial charge in [0.15, 0.2) is 0 Å². The predicted molar refractivity (Wildman–Crippen MR) is 70.6 cm³/mol. The van der Waals surface area contributed by atoms with E-state index in [4.69, 9.17) is 5.73 Å². The maximum Gasteiger partial charge on any atom is 0.0348 e. The molecule has 3 heteroatoms. The molecule has 1 aliphatic rings. The van der Waals surface area contributed by atoms with Crippen LogP contribution in [0.3, 0.4) is 0 Å². The van der Waals surface area contributed by atoms with Gasteiger partial charge in [0.2, 0.25) is 0 Å². The largest absolute Gasteiger partial charge is 0.329 e. The van der Waals surface area contributed by atoms with E-state index in [2.05, 4.69) is 30.7 Å². The fourth-order valence-electron chi connectivity index (χ4n) is 2.67. The minimum atomic E-state index is 0.565. The minimum absolute atomic E-state index is 0.565. The molecule has 2 N–H and O–H groups in total. The van der Waals surface area contributed by atoms with Gasteiger partial charge in [-0.15, -0.1) is 0 Å². The van der Waals surface area contributed by atoms with Crippen LogP contribution in [-0.4, -0.2) is 55.1 Å². The van der Waals surface area contributed by atoms with Gasteiger partial charge in [-0.05, 0) is 20.4 Å². The Morgan fingerprint density at radius 2 is 2.06 bits per heavy atom. The number of nitrogens with zero attached hydrogens (tertiary/aromatic N) is 2. The monoisotopic (exact) mass is 227 g/mol. The van der Waals surface area contributed by atoms with E-state index >= 15 is 0 Å². The number of rotatable bonds is 6. The van der Waals surface area contributed by atoms with Crippen molar-refractivity contribution >= 4 is 0 Å². The highest BCUT2D eigenvalue weighted by molar-refractivity contribution is 4.84. The molecule has 1 saturated heterocycles. The van der Waals surface area contributed by atoms with Crippen molar-refractivity contribution in [3.8, 4) is 0 Å². The molecule has 2 unspecified atom stereocenters. The Balaban J connectivity index is 2.37. The maximum atomic E-state index is 5.88. The lowest BCUT2D eigenvalue weighted by molar-refractivity contribution is 0.0584. The maximum absolute atomic E-state index is 5.88. The molecular formula is C13H29N3. The van der Waals surface area contributed by atoms with Crippen LogP contribution in [0.4, 0.5) is 0 Å². The molecule has 0 aliphatic carbocycles. The van der Waals surface area contributed by atoms with Crippen molar-refractivity contribution in [1.29, 1.82) is 0 Å². The molecule has 0 amide bonds. The SMILES string of the molecule is CCCCCC(C)N1CCN(C)CC1CN. The van der Waals surface area contributed by atoms with Crippen molar-refractivity contribution in [2.75, 3.05) is 33.2 Å². The molecule has 1 rings (SSSR count). The number of unbranched alkanes of at least 4 members (excludes halogenated alkanes) is 2. The molecule has 2 atom stereocenters. The molecule has 96 valence electrons. The van der Waals surface area contributed by atoms with Gasteiger partial charge >= 0.3 is 0 Å². The first kappa shape index (κ1) is 13.9. The van der Waals surface area contributed by atoms with Crippen LogP contribution in [0.2, 0.25) is 0 Å². The summed E-state index contributed by atoms with van der Waals surface area (Å²) in [6.45, 7) is 8.93. The van der Waals surface area contributed by atoms with Gasteiger partial charge in [0.1, 0.15) is 0 Å². The van der Waals surface area contributed by atoms with Crippen LogP contribution < -0.4 is 5.73 Å². The third-order valence-corrected chi connectivity index (χ3v) is 3.80. The molecule has 1 heterocycles. The summed E-state index contributed by atoms with van der Waals surface area (Å²) in [7, 11) is 2.20. The van der Waals surface area contributed by atoms with Gasteiger partial charge in [-0.2, -0.15) is 0 Å². The lowest BCUT2D eigenvalue weighted by atomic mass is 10.0. The Morgan fingerprint density at radius 3 is 2.69 bits per heavy atom. The number of likely N-dealkylation sites (N-methyl/N-ethyl adjacent to an activating group) is 1. The smallest absolute Gasteiger partial charge is 0.0348 e. The Hall–Kier alpha value is -0.120. The molecular weight excluding hydrogens is 198 g/mol. The predicted octanol–water partition coefficient (Wildman–Crippen LogP) is 1.53. The average Bonchev–Trinajstić information content (AvgIpc) is 2.29. The third kappa shape index (κ3) is 4.04. The van der Waals surface area contributed by atoms with Crippen LogP contribution >= 0.6 is 0 Å². The highest BCUT2D eigenvalue weighted by atomic mass is 15.3. The van der Waals surface area contributed by atoms with Crippen LogP contribution in [-0.2, 0) is 0 Å². The van der Waals surface area contributed by atoms with E-state index in [-0.39, 0.29) is 0 Å². The standard InChI is InChI=1S/C13H29N3/c1-4-5-6-7-12(2)16-9-8-15(3)11-13(16)10-14/h12-13H,4-11,14H2,1-3H3. The van der Waals surface area contributed by atoms with Crippen molar-refractivity contribution < 1.29 is 0 Å². The van der Waals surface area contributed by atoms with Gasteiger partial charge in [0.05, 0.1) is 0 Å². The van der Waals surface area contributed by atoms with Crippen molar-refractivity contribution in [3.05, 3.63) is 0 Å². The van der Waals surface area contributed by atoms with Crippen molar-refractivity contribution in [2.24, 2.45) is 5.73 Å². The highest BCUT2D eigenvalue weighted by Crippen LogP contribution is 2.16. The van der Waals surface area contributed by atoms with Crippen molar-refractivity contribution in [3.63, 3.8) is 0 Å². The lowest BCUT2D eigenvalue weighted by Crippen LogP contribution is -2.57. The Morgan fingerprint density at radius 1 is 1.31 bits per heavy atom. The zero-order valence-corrected chi connectivity index (χ0v) is 11.3. The summed E-state index contributed by atoms with van der Waals surface area (Å²) >= 11 is 0. The Bertz CT molecular complexity index is 184. The summed E-state index contributed by atoms with van der Waals surface area (Å²) in [6, 6.07) is 1.27. The molecule has 0 bridgehead atoms. The van der Waals surface area contributed by atoms with Crippen molar-refractivity contribution in [2.45, 2.75) is 51.6 Å². The molecule has 0 radical (unpaired) electrons. The molecule has 0 aromatic heterocycles. The lowest BCUT2D eigenvalue weighted by Gasteiger charge is -2.43. The van der Waals surface area contributed by atoms with Gasteiger partial charge < -0.3 is 10.6 Å². The van der Waals surface area contributed by atoms with Crippen LogP contribution in [0, 0.1) is 0 Å². The van der Waals surface area contributed by atoms with E-state index in [0.29, 0.717) is 12.1 Å². The molecule has 0 aromatic rings. The van der Waals surface area contributed by atoms with E-state index < -0.39 is 0 Å². The quantitative estimate of drug-likeness (QED) is 0.699. The van der Waals surface area contributed by atoms with E-state index in [1.165, 1.54) is 38.8 Å². The summed E-state index contributed by atoms with van der Waals surface area (Å²) in [4.78, 5) is 5.02. The summed E-state index contributed by atoms with van der Waals surface area (Å²) in [5.74, 6) is 0. The fraction of sp³-hybridized carbons (Fsp3) is 1.00. The number of hydrogen-bond donors (Lipinski definition) is 1. The molecule has 3 nitrogen and oxygen atoms in total. The zero-order chi connectivity index (χ0) is 12.0. The third-order valence-electron chi connectivity index (χ3n) is 3.80. The van der Waals surface area contributed by atoms with Gasteiger partial charge in [0.25, 0.3) is 0 Å². The molecule has 0 saturated carbocycles. The number of piperazine rings is 1. The number of nitrogens with two attached hydrogens (primary N) is 1. The van der Waals surface area contributed by atoms with Gasteiger partial charge in [-0.25, -0.2) is 0 Å². The molecule has 1 fully saturated rings. The van der Waals surface area contributed by atoms with E-state index in [0.717, 1.165) is 13.1 Å². The van der Waals surface area contributed by atoms with Crippen LogP contribution in [0.5, 0.6) is 0 Å². The first-order valence-electron chi connectivity index (χ1n) is 6.83. The van der Waals surface area contributed by atoms with Crippen molar-refractivity contribution in [1.82, 2.24) is 9.80 Å². The van der Waals surface area contributed by atoms with E-state index in [1.807, 2.05) is 0 Å². The first-order valence-corrected chi connectivity index (χ1v) is 6.83. The Kier molecular flexibility index (Phi) is 6.32. The number of hydrogen-bond acceptors (Lipinski definition) is 3. The summed E-state index contributed by atoms with van der Waals surface area (Å²) < 4.78 is 0. The fourth-order valence-corrected chi connectivity index (χ4v) is 2.67. The van der Waals surface area contributed by atoms with E-state index in [9.17, 15) is 0 Å². The molecule has 0 aromatic carbocycles. The summed E-state index contributed by atoms with van der Waals surface area (Å²) in [6.07, 6.45) is 5.37. The minimum Gasteiger partial charge on any atom is -0.329 e. The highest BCUT2D eigenvalue weighted by Gasteiger charge is 2.27. The van der Waals surface area contributed by atoms with Crippen LogP contribution in [0.15, 0.2) is 0 Å². The second-order valence-corrected chi connectivity index (χ2v) is 5.23. The second-order valence-electron chi connectivity index (χ2n) is 5.23. The zero-order valence-electron chi connectivity index (χ0n) is 11.3. The van der Waals surface area contributed by atoms with Gasteiger partial charge in [-0.3, -0.25) is 4.90 Å². The second kappa shape index (κ2) is 7.25. The normalized spacial score (nSPS) is 25.9. The molecule has 0 spiro atoms. The molecule has 16 heavy (non-hydrogen) atoms. The Labute approximate surface area is 101 Å². The summed E-state index contributed by atoms with van der Waals surface area (Å²) in [5.41, 5.74) is 5.88.